The number of nitrogens with one attached hydrogen (secondary N) is 2. The van der Waals surface area contributed by atoms with Gasteiger partial charge in [-0.1, -0.05) is 13.3 Å². The zero-order valence-corrected chi connectivity index (χ0v) is 11.1. The second-order valence-corrected chi connectivity index (χ2v) is 4.00. The van der Waals surface area contributed by atoms with Crippen molar-refractivity contribution in [2.24, 2.45) is 5.84 Å². The molecule has 0 amide bonds. The molecule has 0 saturated carbocycles. The Hall–Kier alpha value is -1.61. The first-order chi connectivity index (χ1) is 9.47. The number of ether oxygens (including phenoxy) is 1. The minimum absolute atomic E-state index is 0.0411. The molecule has 1 rings (SSSR count). The Morgan fingerprint density at radius 2 is 1.95 bits per heavy atom. The number of nitrogens with zero attached hydrogens (tertiary/aromatic N) is 2. The standard InChI is InChI=1S/C11H18F3N5O/c1-2-3-5-20-6-4-16-8-7-9(19-15)18-10(17-8)11(12,13)14/h7H,2-6,15H2,1H3,(H2,16,17,18,19). The third-order valence-corrected chi connectivity index (χ3v) is 2.32. The average molecular weight is 293 g/mol. The van der Waals surface area contributed by atoms with Crippen molar-refractivity contribution in [3.05, 3.63) is 11.9 Å². The first-order valence-corrected chi connectivity index (χ1v) is 6.22. The van der Waals surface area contributed by atoms with E-state index in [1.807, 2.05) is 6.92 Å². The van der Waals surface area contributed by atoms with Crippen molar-refractivity contribution in [2.45, 2.75) is 25.9 Å². The summed E-state index contributed by atoms with van der Waals surface area (Å²) in [6, 6.07) is 1.29. The van der Waals surface area contributed by atoms with Gasteiger partial charge in [-0.15, -0.1) is 0 Å². The molecule has 0 aliphatic heterocycles. The quantitative estimate of drug-likeness (QED) is 0.386. The van der Waals surface area contributed by atoms with Crippen molar-refractivity contribution in [1.29, 1.82) is 0 Å². The molecule has 114 valence electrons. The van der Waals surface area contributed by atoms with Crippen LogP contribution < -0.4 is 16.6 Å². The van der Waals surface area contributed by atoms with E-state index in [-0.39, 0.29) is 11.6 Å². The van der Waals surface area contributed by atoms with Crippen molar-refractivity contribution < 1.29 is 17.9 Å². The minimum atomic E-state index is -4.62. The van der Waals surface area contributed by atoms with Crippen molar-refractivity contribution >= 4 is 11.6 Å². The third kappa shape index (κ3) is 5.57. The maximum absolute atomic E-state index is 12.6. The van der Waals surface area contributed by atoms with E-state index < -0.39 is 12.0 Å². The molecule has 1 aromatic rings. The molecular formula is C11H18F3N5O. The van der Waals surface area contributed by atoms with Gasteiger partial charge in [0.05, 0.1) is 6.61 Å². The van der Waals surface area contributed by atoms with Gasteiger partial charge in [0.15, 0.2) is 0 Å². The number of unbranched alkanes of at least 4 members (excludes halogenated alkanes) is 1. The lowest BCUT2D eigenvalue weighted by atomic mass is 10.4. The molecule has 0 aromatic carbocycles. The number of rotatable bonds is 8. The third-order valence-electron chi connectivity index (χ3n) is 2.32. The van der Waals surface area contributed by atoms with Gasteiger partial charge in [-0.25, -0.2) is 15.8 Å². The summed E-state index contributed by atoms with van der Waals surface area (Å²) in [5, 5.41) is 2.74. The summed E-state index contributed by atoms with van der Waals surface area (Å²) in [5.74, 6) is 3.76. The van der Waals surface area contributed by atoms with Crippen molar-refractivity contribution in [2.75, 3.05) is 30.5 Å². The maximum Gasteiger partial charge on any atom is 0.451 e. The van der Waals surface area contributed by atoms with Gasteiger partial charge in [-0.05, 0) is 6.42 Å². The average Bonchev–Trinajstić information content (AvgIpc) is 2.41. The van der Waals surface area contributed by atoms with Crippen LogP contribution in [0.25, 0.3) is 0 Å². The van der Waals surface area contributed by atoms with E-state index in [2.05, 4.69) is 20.7 Å². The van der Waals surface area contributed by atoms with Gasteiger partial charge in [0, 0.05) is 19.2 Å². The van der Waals surface area contributed by atoms with Crippen LogP contribution in [0.4, 0.5) is 24.8 Å². The highest BCUT2D eigenvalue weighted by molar-refractivity contribution is 5.47. The highest BCUT2D eigenvalue weighted by atomic mass is 19.4. The molecule has 0 bridgehead atoms. The number of aromatic nitrogens is 2. The van der Waals surface area contributed by atoms with Gasteiger partial charge in [0.1, 0.15) is 11.6 Å². The molecule has 0 unspecified atom stereocenters. The summed E-state index contributed by atoms with van der Waals surface area (Å²) in [7, 11) is 0. The van der Waals surface area contributed by atoms with Crippen LogP contribution >= 0.6 is 0 Å². The van der Waals surface area contributed by atoms with Crippen molar-refractivity contribution in [3.63, 3.8) is 0 Å². The number of alkyl halides is 3. The summed E-state index contributed by atoms with van der Waals surface area (Å²) in [6.45, 7) is 3.41. The Bertz CT molecular complexity index is 414. The molecule has 0 fully saturated rings. The normalized spacial score (nSPS) is 11.4. The minimum Gasteiger partial charge on any atom is -0.380 e. The molecule has 20 heavy (non-hydrogen) atoms. The molecule has 0 aliphatic carbocycles. The van der Waals surface area contributed by atoms with Gasteiger partial charge in [-0.3, -0.25) is 0 Å². The van der Waals surface area contributed by atoms with Crippen LogP contribution in [0.5, 0.6) is 0 Å². The van der Waals surface area contributed by atoms with Crippen LogP contribution in [0.2, 0.25) is 0 Å². The summed E-state index contributed by atoms with van der Waals surface area (Å²) < 4.78 is 43.0. The Morgan fingerprint density at radius 3 is 2.55 bits per heavy atom. The summed E-state index contributed by atoms with van der Waals surface area (Å²) in [6.07, 6.45) is -2.65. The van der Waals surface area contributed by atoms with E-state index in [1.54, 1.807) is 0 Å². The predicted molar refractivity (Wildman–Crippen MR) is 69.1 cm³/mol. The Labute approximate surface area is 114 Å². The number of hydrazine groups is 1. The summed E-state index contributed by atoms with van der Waals surface area (Å²) in [4.78, 5) is 6.64. The van der Waals surface area contributed by atoms with Crippen LogP contribution in [-0.4, -0.2) is 29.7 Å². The molecule has 4 N–H and O–H groups in total. The van der Waals surface area contributed by atoms with Gasteiger partial charge >= 0.3 is 6.18 Å². The molecule has 0 spiro atoms. The Kier molecular flexibility index (Phi) is 6.46. The number of halogens is 3. The number of nitrogens with two attached hydrogens (primary N) is 1. The Morgan fingerprint density at radius 1 is 1.25 bits per heavy atom. The van der Waals surface area contributed by atoms with Crippen molar-refractivity contribution in [1.82, 2.24) is 9.97 Å². The zero-order chi connectivity index (χ0) is 15.0. The van der Waals surface area contributed by atoms with Gasteiger partial charge < -0.3 is 15.5 Å². The number of hydrogen-bond donors (Lipinski definition) is 3. The van der Waals surface area contributed by atoms with E-state index in [0.717, 1.165) is 12.8 Å². The predicted octanol–water partition coefficient (Wildman–Crippen LogP) is 2.01. The Balaban J connectivity index is 2.56. The van der Waals surface area contributed by atoms with E-state index in [0.29, 0.717) is 19.8 Å². The second-order valence-electron chi connectivity index (χ2n) is 4.00. The monoisotopic (exact) mass is 293 g/mol. The fourth-order valence-electron chi connectivity index (χ4n) is 1.34. The topological polar surface area (TPSA) is 85.1 Å². The van der Waals surface area contributed by atoms with E-state index in [9.17, 15) is 13.2 Å². The lowest BCUT2D eigenvalue weighted by Crippen LogP contribution is -2.18. The van der Waals surface area contributed by atoms with Crippen LogP contribution in [0.15, 0.2) is 6.07 Å². The molecular weight excluding hydrogens is 275 g/mol. The fraction of sp³-hybridized carbons (Fsp3) is 0.636. The van der Waals surface area contributed by atoms with E-state index in [1.165, 1.54) is 6.07 Å². The molecule has 0 saturated heterocycles. The first kappa shape index (κ1) is 16.4. The molecule has 9 heteroatoms. The van der Waals surface area contributed by atoms with E-state index in [4.69, 9.17) is 10.6 Å². The number of hydrogen-bond acceptors (Lipinski definition) is 6. The molecule has 0 radical (unpaired) electrons. The van der Waals surface area contributed by atoms with Crippen LogP contribution in [0, 0.1) is 0 Å². The smallest absolute Gasteiger partial charge is 0.380 e. The molecule has 1 aromatic heterocycles. The highest BCUT2D eigenvalue weighted by Gasteiger charge is 2.35. The van der Waals surface area contributed by atoms with E-state index >= 15 is 0 Å². The van der Waals surface area contributed by atoms with Gasteiger partial charge in [0.2, 0.25) is 5.82 Å². The highest BCUT2D eigenvalue weighted by Crippen LogP contribution is 2.28. The largest absolute Gasteiger partial charge is 0.451 e. The van der Waals surface area contributed by atoms with Crippen LogP contribution in [0.1, 0.15) is 25.6 Å². The van der Waals surface area contributed by atoms with Crippen molar-refractivity contribution in [3.8, 4) is 0 Å². The summed E-state index contributed by atoms with van der Waals surface area (Å²) >= 11 is 0. The molecule has 1 heterocycles. The SMILES string of the molecule is CCCCOCCNc1cc(NN)nc(C(F)(F)F)n1. The van der Waals surface area contributed by atoms with Gasteiger partial charge in [-0.2, -0.15) is 13.2 Å². The number of nitrogen functional groups attached to an aromatic ring is 1. The molecule has 6 nitrogen and oxygen atoms in total. The lowest BCUT2D eigenvalue weighted by Gasteiger charge is -2.11. The lowest BCUT2D eigenvalue weighted by molar-refractivity contribution is -0.144. The first-order valence-electron chi connectivity index (χ1n) is 6.22. The fourth-order valence-corrected chi connectivity index (χ4v) is 1.34. The summed E-state index contributed by atoms with van der Waals surface area (Å²) in [5.41, 5.74) is 2.08. The number of anilines is 2. The second kappa shape index (κ2) is 7.85. The zero-order valence-electron chi connectivity index (χ0n) is 11.1. The molecule has 0 atom stereocenters. The van der Waals surface area contributed by atoms with Crippen LogP contribution in [-0.2, 0) is 10.9 Å². The molecule has 0 aliphatic rings. The maximum atomic E-state index is 12.6. The van der Waals surface area contributed by atoms with Gasteiger partial charge in [0.25, 0.3) is 0 Å². The van der Waals surface area contributed by atoms with Crippen LogP contribution in [0.3, 0.4) is 0 Å².